The third-order valence-corrected chi connectivity index (χ3v) is 4.52. The number of hydrogen-bond acceptors (Lipinski definition) is 3. The lowest BCUT2D eigenvalue weighted by Crippen LogP contribution is -2.17. The average molecular weight is 328 g/mol. The molecule has 0 aliphatic rings. The van der Waals surface area contributed by atoms with Crippen LogP contribution in [0.5, 0.6) is 0 Å². The molecular formula is C14H18ClN3O2S. The molecule has 0 unspecified atom stereocenters. The predicted molar refractivity (Wildman–Crippen MR) is 85.1 cm³/mol. The number of hydrogen-bond donors (Lipinski definition) is 1. The van der Waals surface area contributed by atoms with E-state index in [0.29, 0.717) is 23.8 Å². The number of unbranched alkanes of at least 4 members (excludes halogenated alkanes) is 1. The van der Waals surface area contributed by atoms with Crippen LogP contribution < -0.4 is 4.72 Å². The van der Waals surface area contributed by atoms with Crippen molar-refractivity contribution in [3.05, 3.63) is 47.1 Å². The van der Waals surface area contributed by atoms with Crippen LogP contribution in [0.4, 0.5) is 5.82 Å². The van der Waals surface area contributed by atoms with Crippen LogP contribution in [-0.2, 0) is 16.6 Å². The minimum absolute atomic E-state index is 0.119. The summed E-state index contributed by atoms with van der Waals surface area (Å²) in [5, 5.41) is 4.90. The summed E-state index contributed by atoms with van der Waals surface area (Å²) in [6.07, 6.45) is 3.22. The zero-order valence-electron chi connectivity index (χ0n) is 11.8. The lowest BCUT2D eigenvalue weighted by Gasteiger charge is -2.05. The molecule has 2 aromatic rings. The minimum atomic E-state index is -3.31. The van der Waals surface area contributed by atoms with Crippen molar-refractivity contribution in [2.75, 3.05) is 10.5 Å². The number of aromatic nitrogens is 2. The number of nitrogens with zero attached hydrogens (tertiary/aromatic N) is 2. The van der Waals surface area contributed by atoms with Crippen molar-refractivity contribution in [2.45, 2.75) is 26.3 Å². The van der Waals surface area contributed by atoms with Crippen LogP contribution >= 0.6 is 11.6 Å². The fourth-order valence-electron chi connectivity index (χ4n) is 1.83. The molecule has 1 heterocycles. The molecule has 1 aromatic carbocycles. The van der Waals surface area contributed by atoms with E-state index < -0.39 is 10.0 Å². The van der Waals surface area contributed by atoms with Crippen molar-refractivity contribution in [1.29, 1.82) is 0 Å². The van der Waals surface area contributed by atoms with Crippen LogP contribution in [-0.4, -0.2) is 24.0 Å². The molecule has 0 saturated heterocycles. The lowest BCUT2D eigenvalue weighted by molar-refractivity contribution is 0.597. The van der Waals surface area contributed by atoms with Crippen molar-refractivity contribution in [3.8, 4) is 0 Å². The first kappa shape index (κ1) is 15.9. The smallest absolute Gasteiger partial charge is 0.233 e. The van der Waals surface area contributed by atoms with Crippen LogP contribution in [0.2, 0.25) is 5.02 Å². The van der Waals surface area contributed by atoms with Gasteiger partial charge in [0.05, 0.1) is 12.3 Å². The Labute approximate surface area is 130 Å². The van der Waals surface area contributed by atoms with E-state index >= 15 is 0 Å². The van der Waals surface area contributed by atoms with Gasteiger partial charge in [0.1, 0.15) is 0 Å². The summed E-state index contributed by atoms with van der Waals surface area (Å²) >= 11 is 5.83. The van der Waals surface area contributed by atoms with Gasteiger partial charge in [-0.2, -0.15) is 5.10 Å². The fourth-order valence-corrected chi connectivity index (χ4v) is 3.15. The van der Waals surface area contributed by atoms with Crippen LogP contribution in [0.3, 0.4) is 0 Å². The molecule has 0 saturated carbocycles. The van der Waals surface area contributed by atoms with Gasteiger partial charge < -0.3 is 0 Å². The SMILES string of the molecule is CCCCS(=O)(=O)Nc1ccn(Cc2ccc(Cl)cc2)n1. The molecule has 0 radical (unpaired) electrons. The molecule has 5 nitrogen and oxygen atoms in total. The van der Waals surface area contributed by atoms with Gasteiger partial charge in [-0.15, -0.1) is 0 Å². The van der Waals surface area contributed by atoms with Gasteiger partial charge in [-0.3, -0.25) is 9.40 Å². The second-order valence-electron chi connectivity index (χ2n) is 4.80. The van der Waals surface area contributed by atoms with E-state index in [4.69, 9.17) is 11.6 Å². The first-order chi connectivity index (χ1) is 9.98. The van der Waals surface area contributed by atoms with Gasteiger partial charge in [-0.25, -0.2) is 8.42 Å². The Bertz CT molecular complexity index is 680. The van der Waals surface area contributed by atoms with Crippen LogP contribution in [0.25, 0.3) is 0 Å². The van der Waals surface area contributed by atoms with Gasteiger partial charge in [0.2, 0.25) is 10.0 Å². The molecule has 7 heteroatoms. The monoisotopic (exact) mass is 327 g/mol. The number of benzene rings is 1. The van der Waals surface area contributed by atoms with Gasteiger partial charge in [-0.05, 0) is 24.1 Å². The molecule has 21 heavy (non-hydrogen) atoms. The van der Waals surface area contributed by atoms with Crippen LogP contribution in [0.1, 0.15) is 25.3 Å². The van der Waals surface area contributed by atoms with Crippen molar-refractivity contribution < 1.29 is 8.42 Å². The summed E-state index contributed by atoms with van der Waals surface area (Å²) in [4.78, 5) is 0. The number of anilines is 1. The summed E-state index contributed by atoms with van der Waals surface area (Å²) in [6, 6.07) is 9.10. The van der Waals surface area contributed by atoms with Crippen molar-refractivity contribution in [2.24, 2.45) is 0 Å². The quantitative estimate of drug-likeness (QED) is 0.849. The lowest BCUT2D eigenvalue weighted by atomic mass is 10.2. The summed E-state index contributed by atoms with van der Waals surface area (Å²) in [7, 11) is -3.31. The second kappa shape index (κ2) is 6.95. The molecule has 0 bridgehead atoms. The summed E-state index contributed by atoms with van der Waals surface area (Å²) in [5.41, 5.74) is 1.04. The number of sulfonamides is 1. The Morgan fingerprint density at radius 2 is 1.95 bits per heavy atom. The molecule has 0 atom stereocenters. The van der Waals surface area contributed by atoms with E-state index in [9.17, 15) is 8.42 Å². The van der Waals surface area contributed by atoms with E-state index in [1.807, 2.05) is 31.2 Å². The van der Waals surface area contributed by atoms with Gasteiger partial charge in [-0.1, -0.05) is 37.1 Å². The normalized spacial score (nSPS) is 11.5. The molecule has 1 N–H and O–H groups in total. The molecule has 0 aliphatic carbocycles. The van der Waals surface area contributed by atoms with Gasteiger partial charge in [0.25, 0.3) is 0 Å². The molecular weight excluding hydrogens is 310 g/mol. The Morgan fingerprint density at radius 3 is 2.62 bits per heavy atom. The minimum Gasteiger partial charge on any atom is -0.266 e. The third-order valence-electron chi connectivity index (χ3n) is 2.93. The molecule has 0 fully saturated rings. The summed E-state index contributed by atoms with van der Waals surface area (Å²) < 4.78 is 27.7. The zero-order chi connectivity index (χ0) is 15.3. The topological polar surface area (TPSA) is 64.0 Å². The molecule has 1 aromatic heterocycles. The van der Waals surface area contributed by atoms with E-state index in [-0.39, 0.29) is 5.75 Å². The highest BCUT2D eigenvalue weighted by Crippen LogP contribution is 2.12. The molecule has 114 valence electrons. The van der Waals surface area contributed by atoms with Crippen LogP contribution in [0.15, 0.2) is 36.5 Å². The summed E-state index contributed by atoms with van der Waals surface area (Å²) in [5.74, 6) is 0.466. The summed E-state index contributed by atoms with van der Waals surface area (Å²) in [6.45, 7) is 2.52. The van der Waals surface area contributed by atoms with E-state index in [1.165, 1.54) is 0 Å². The zero-order valence-corrected chi connectivity index (χ0v) is 13.4. The Hall–Kier alpha value is -1.53. The molecule has 0 amide bonds. The Morgan fingerprint density at radius 1 is 1.24 bits per heavy atom. The van der Waals surface area contributed by atoms with Crippen molar-refractivity contribution in [3.63, 3.8) is 0 Å². The standard InChI is InChI=1S/C14H18ClN3O2S/c1-2-3-10-21(19,20)17-14-8-9-18(16-14)11-12-4-6-13(15)7-5-12/h4-9H,2-3,10-11H2,1H3,(H,16,17). The Kier molecular flexibility index (Phi) is 5.25. The third kappa shape index (κ3) is 5.06. The number of rotatable bonds is 7. The second-order valence-corrected chi connectivity index (χ2v) is 7.08. The largest absolute Gasteiger partial charge is 0.266 e. The maximum atomic E-state index is 11.8. The molecule has 0 spiro atoms. The maximum absolute atomic E-state index is 11.8. The first-order valence-electron chi connectivity index (χ1n) is 6.77. The number of halogens is 1. The Balaban J connectivity index is 1.99. The number of nitrogens with one attached hydrogen (secondary N) is 1. The van der Waals surface area contributed by atoms with E-state index in [1.54, 1.807) is 16.9 Å². The van der Waals surface area contributed by atoms with Crippen molar-refractivity contribution >= 4 is 27.4 Å². The van der Waals surface area contributed by atoms with Crippen molar-refractivity contribution in [1.82, 2.24) is 9.78 Å². The maximum Gasteiger partial charge on any atom is 0.233 e. The van der Waals surface area contributed by atoms with Gasteiger partial charge >= 0.3 is 0 Å². The van der Waals surface area contributed by atoms with Crippen LogP contribution in [0, 0.1) is 0 Å². The van der Waals surface area contributed by atoms with Gasteiger partial charge in [0, 0.05) is 17.3 Å². The van der Waals surface area contributed by atoms with E-state index in [2.05, 4.69) is 9.82 Å². The fraction of sp³-hybridized carbons (Fsp3) is 0.357. The highest BCUT2D eigenvalue weighted by molar-refractivity contribution is 7.92. The van der Waals surface area contributed by atoms with Gasteiger partial charge in [0.15, 0.2) is 5.82 Å². The first-order valence-corrected chi connectivity index (χ1v) is 8.80. The average Bonchev–Trinajstić information content (AvgIpc) is 2.85. The molecule has 0 aliphatic heterocycles. The molecule has 2 rings (SSSR count). The van der Waals surface area contributed by atoms with E-state index in [0.717, 1.165) is 12.0 Å². The highest BCUT2D eigenvalue weighted by Gasteiger charge is 2.11. The highest BCUT2D eigenvalue weighted by atomic mass is 35.5. The predicted octanol–water partition coefficient (Wildman–Crippen LogP) is 3.13.